The molecular weight excluding hydrogens is 440 g/mol. The standard InChI is InChI=1S/C27H19F2NO4/c28-22-12-17-7-9-19(30-24(17)13-23(22)29)8-5-16-6-10-25-21(11-16)27(34-15-26(31)32)20-4-2-1-3-18(20)14-33-25/h1-13,27H,14-15H2,(H,31,32)/b8-5+. The van der Waals surface area contributed by atoms with E-state index in [2.05, 4.69) is 4.98 Å². The first-order chi connectivity index (χ1) is 16.5. The van der Waals surface area contributed by atoms with Gasteiger partial charge in [0.1, 0.15) is 25.1 Å². The highest BCUT2D eigenvalue weighted by Gasteiger charge is 2.26. The number of benzene rings is 3. The second-order valence-electron chi connectivity index (χ2n) is 7.90. The molecule has 4 aromatic rings. The third-order valence-corrected chi connectivity index (χ3v) is 5.61. The Hall–Kier alpha value is -4.10. The maximum atomic E-state index is 13.6. The summed E-state index contributed by atoms with van der Waals surface area (Å²) in [7, 11) is 0. The summed E-state index contributed by atoms with van der Waals surface area (Å²) >= 11 is 0. The minimum absolute atomic E-state index is 0.351. The van der Waals surface area contributed by atoms with Crippen molar-refractivity contribution in [2.24, 2.45) is 0 Å². The first-order valence-electron chi connectivity index (χ1n) is 10.6. The second-order valence-corrected chi connectivity index (χ2v) is 7.90. The van der Waals surface area contributed by atoms with Gasteiger partial charge >= 0.3 is 5.97 Å². The van der Waals surface area contributed by atoms with E-state index < -0.39 is 30.3 Å². The number of nitrogens with zero attached hydrogens (tertiary/aromatic N) is 1. The van der Waals surface area contributed by atoms with Gasteiger partial charge in [0.25, 0.3) is 0 Å². The fourth-order valence-corrected chi connectivity index (χ4v) is 3.99. The SMILES string of the molecule is O=C(O)COC1c2ccccc2COc2ccc(/C=C/c3ccc4cc(F)c(F)cc4n3)cc21. The Morgan fingerprint density at radius 3 is 2.71 bits per heavy atom. The average Bonchev–Trinajstić information content (AvgIpc) is 2.98. The van der Waals surface area contributed by atoms with Crippen molar-refractivity contribution < 1.29 is 28.2 Å². The normalized spacial score (nSPS) is 14.9. The van der Waals surface area contributed by atoms with Crippen molar-refractivity contribution >= 4 is 29.0 Å². The first-order valence-corrected chi connectivity index (χ1v) is 10.6. The number of halogens is 2. The number of aliphatic carboxylic acids is 1. The van der Waals surface area contributed by atoms with Crippen LogP contribution in [0, 0.1) is 11.6 Å². The highest BCUT2D eigenvalue weighted by atomic mass is 19.2. The molecule has 34 heavy (non-hydrogen) atoms. The lowest BCUT2D eigenvalue weighted by Crippen LogP contribution is -2.14. The first kappa shape index (κ1) is 21.7. The number of carboxylic acid groups (broad SMARTS) is 1. The number of pyridine rings is 1. The van der Waals surface area contributed by atoms with Crippen LogP contribution >= 0.6 is 0 Å². The Labute approximate surface area is 193 Å². The van der Waals surface area contributed by atoms with Crippen LogP contribution in [-0.4, -0.2) is 22.7 Å². The Morgan fingerprint density at radius 2 is 1.85 bits per heavy atom. The molecule has 1 atom stereocenters. The van der Waals surface area contributed by atoms with Crippen LogP contribution in [0.15, 0.2) is 66.7 Å². The summed E-state index contributed by atoms with van der Waals surface area (Å²) in [6.07, 6.45) is 3.00. The third-order valence-electron chi connectivity index (χ3n) is 5.61. The maximum Gasteiger partial charge on any atom is 0.329 e. The molecular formula is C27H19F2NO4. The van der Waals surface area contributed by atoms with Crippen LogP contribution in [-0.2, 0) is 16.1 Å². The zero-order valence-electron chi connectivity index (χ0n) is 17.9. The molecule has 3 aromatic carbocycles. The molecule has 0 spiro atoms. The number of carbonyl (C=O) groups is 1. The van der Waals surface area contributed by atoms with Gasteiger partial charge in [0, 0.05) is 17.0 Å². The molecule has 0 radical (unpaired) electrons. The third kappa shape index (κ3) is 4.38. The molecule has 0 saturated carbocycles. The summed E-state index contributed by atoms with van der Waals surface area (Å²) in [6.45, 7) is -0.0971. The number of hydrogen-bond acceptors (Lipinski definition) is 4. The van der Waals surface area contributed by atoms with Gasteiger partial charge in [-0.05, 0) is 47.0 Å². The Kier molecular flexibility index (Phi) is 5.77. The van der Waals surface area contributed by atoms with Gasteiger partial charge in [0.2, 0.25) is 0 Å². The molecule has 1 aliphatic heterocycles. The van der Waals surface area contributed by atoms with Crippen molar-refractivity contribution in [3.8, 4) is 5.75 Å². The van der Waals surface area contributed by atoms with Crippen molar-refractivity contribution in [3.63, 3.8) is 0 Å². The molecule has 5 nitrogen and oxygen atoms in total. The van der Waals surface area contributed by atoms with Gasteiger partial charge in [-0.3, -0.25) is 0 Å². The highest BCUT2D eigenvalue weighted by molar-refractivity contribution is 5.81. The topological polar surface area (TPSA) is 68.7 Å². The lowest BCUT2D eigenvalue weighted by Gasteiger charge is -2.19. The fraction of sp³-hybridized carbons (Fsp3) is 0.111. The number of ether oxygens (including phenoxy) is 2. The number of aromatic nitrogens is 1. The Morgan fingerprint density at radius 1 is 1.03 bits per heavy atom. The van der Waals surface area contributed by atoms with Gasteiger partial charge in [-0.1, -0.05) is 42.5 Å². The van der Waals surface area contributed by atoms with E-state index in [-0.39, 0.29) is 0 Å². The van der Waals surface area contributed by atoms with E-state index in [1.807, 2.05) is 48.5 Å². The summed E-state index contributed by atoms with van der Waals surface area (Å²) in [6, 6.07) is 18.8. The molecule has 0 amide bonds. The number of fused-ring (bicyclic) bond motifs is 3. The molecule has 1 unspecified atom stereocenters. The van der Waals surface area contributed by atoms with Gasteiger partial charge < -0.3 is 14.6 Å². The maximum absolute atomic E-state index is 13.6. The van der Waals surface area contributed by atoms with E-state index >= 15 is 0 Å². The number of carboxylic acids is 1. The summed E-state index contributed by atoms with van der Waals surface area (Å²) in [5.74, 6) is -2.30. The Balaban J connectivity index is 1.49. The average molecular weight is 459 g/mol. The van der Waals surface area contributed by atoms with Crippen molar-refractivity contribution in [2.75, 3.05) is 6.61 Å². The Bertz CT molecular complexity index is 1430. The monoisotopic (exact) mass is 459 g/mol. The van der Waals surface area contributed by atoms with Gasteiger partial charge in [0.05, 0.1) is 11.2 Å². The van der Waals surface area contributed by atoms with Crippen molar-refractivity contribution in [2.45, 2.75) is 12.7 Å². The van der Waals surface area contributed by atoms with Crippen LogP contribution in [0.2, 0.25) is 0 Å². The molecule has 1 N–H and O–H groups in total. The van der Waals surface area contributed by atoms with Crippen LogP contribution < -0.4 is 4.74 Å². The van der Waals surface area contributed by atoms with Crippen LogP contribution in [0.3, 0.4) is 0 Å². The van der Waals surface area contributed by atoms with Crippen LogP contribution in [0.1, 0.15) is 34.1 Å². The van der Waals surface area contributed by atoms with Crippen LogP contribution in [0.4, 0.5) is 8.78 Å². The molecule has 2 heterocycles. The van der Waals surface area contributed by atoms with E-state index in [1.54, 1.807) is 18.2 Å². The van der Waals surface area contributed by atoms with E-state index in [0.717, 1.165) is 34.4 Å². The summed E-state index contributed by atoms with van der Waals surface area (Å²) in [4.78, 5) is 15.6. The summed E-state index contributed by atoms with van der Waals surface area (Å²) < 4.78 is 38.8. The minimum Gasteiger partial charge on any atom is -0.488 e. The number of hydrogen-bond donors (Lipinski definition) is 1. The minimum atomic E-state index is -1.06. The molecule has 0 bridgehead atoms. The van der Waals surface area contributed by atoms with Crippen LogP contribution in [0.5, 0.6) is 5.75 Å². The molecule has 1 aliphatic rings. The second kappa shape index (κ2) is 9.03. The summed E-state index contributed by atoms with van der Waals surface area (Å²) in [5.41, 5.74) is 4.25. The van der Waals surface area contributed by atoms with Crippen molar-refractivity contribution in [1.29, 1.82) is 0 Å². The van der Waals surface area contributed by atoms with Crippen molar-refractivity contribution in [1.82, 2.24) is 4.98 Å². The quantitative estimate of drug-likeness (QED) is 0.411. The zero-order chi connectivity index (χ0) is 23.7. The van der Waals surface area contributed by atoms with Gasteiger partial charge in [-0.15, -0.1) is 0 Å². The van der Waals surface area contributed by atoms with Gasteiger partial charge in [-0.2, -0.15) is 0 Å². The predicted octanol–water partition coefficient (Wildman–Crippen LogP) is 5.77. The van der Waals surface area contributed by atoms with E-state index in [1.165, 1.54) is 0 Å². The lowest BCUT2D eigenvalue weighted by molar-refractivity contribution is -0.143. The highest BCUT2D eigenvalue weighted by Crippen LogP contribution is 2.39. The van der Waals surface area contributed by atoms with Gasteiger partial charge in [0.15, 0.2) is 11.6 Å². The van der Waals surface area contributed by atoms with Crippen LogP contribution in [0.25, 0.3) is 23.1 Å². The van der Waals surface area contributed by atoms with E-state index in [0.29, 0.717) is 29.0 Å². The molecule has 0 aliphatic carbocycles. The summed E-state index contributed by atoms with van der Waals surface area (Å²) in [5, 5.41) is 9.67. The lowest BCUT2D eigenvalue weighted by atomic mass is 9.96. The van der Waals surface area contributed by atoms with E-state index in [4.69, 9.17) is 14.6 Å². The largest absolute Gasteiger partial charge is 0.488 e. The van der Waals surface area contributed by atoms with Crippen molar-refractivity contribution in [3.05, 3.63) is 106 Å². The zero-order valence-corrected chi connectivity index (χ0v) is 17.9. The van der Waals surface area contributed by atoms with Gasteiger partial charge in [-0.25, -0.2) is 18.6 Å². The molecule has 0 fully saturated rings. The molecule has 1 aromatic heterocycles. The molecule has 170 valence electrons. The molecule has 7 heteroatoms. The predicted molar refractivity (Wildman–Crippen MR) is 123 cm³/mol. The molecule has 5 rings (SSSR count). The van der Waals surface area contributed by atoms with E-state index in [9.17, 15) is 13.6 Å². The smallest absolute Gasteiger partial charge is 0.329 e. The molecule has 0 saturated heterocycles. The number of rotatable bonds is 5. The fourth-order valence-electron chi connectivity index (χ4n) is 3.99.